The average Bonchev–Trinajstić information content (AvgIpc) is 2.99. The Kier molecular flexibility index (Phi) is 4.44. The molecule has 2 atom stereocenters. The Labute approximate surface area is 136 Å². The van der Waals surface area contributed by atoms with Gasteiger partial charge in [-0.15, -0.1) is 0 Å². The van der Waals surface area contributed by atoms with Crippen LogP contribution < -0.4 is 4.72 Å². The highest BCUT2D eigenvalue weighted by molar-refractivity contribution is 7.89. The quantitative estimate of drug-likeness (QED) is 0.847. The van der Waals surface area contributed by atoms with E-state index in [-0.39, 0.29) is 17.9 Å². The second-order valence-electron chi connectivity index (χ2n) is 6.27. The summed E-state index contributed by atoms with van der Waals surface area (Å²) in [5.74, 6) is -0.0233. The van der Waals surface area contributed by atoms with Crippen molar-refractivity contribution in [2.24, 2.45) is 5.92 Å². The summed E-state index contributed by atoms with van der Waals surface area (Å²) in [7, 11) is -2.09. The summed E-state index contributed by atoms with van der Waals surface area (Å²) in [6.07, 6.45) is 2.13. The minimum absolute atomic E-state index is 0.0778. The molecule has 0 bridgehead atoms. The first kappa shape index (κ1) is 16.4. The first-order chi connectivity index (χ1) is 10.9. The lowest BCUT2D eigenvalue weighted by Crippen LogP contribution is -2.40. The molecule has 1 aliphatic carbocycles. The number of carbonyl (C=O) groups is 1. The fourth-order valence-electron chi connectivity index (χ4n) is 3.56. The number of aliphatic hydroxyl groups excluding tert-OH is 1. The number of aliphatic hydroxyl groups is 1. The molecule has 3 rings (SSSR count). The average molecular weight is 338 g/mol. The Balaban J connectivity index is 1.82. The van der Waals surface area contributed by atoms with Gasteiger partial charge in [-0.25, -0.2) is 13.1 Å². The predicted molar refractivity (Wildman–Crippen MR) is 85.2 cm³/mol. The van der Waals surface area contributed by atoms with Gasteiger partial charge in [-0.05, 0) is 49.9 Å². The Bertz CT molecular complexity index is 717. The van der Waals surface area contributed by atoms with E-state index in [4.69, 9.17) is 0 Å². The van der Waals surface area contributed by atoms with Crippen LogP contribution in [0.3, 0.4) is 0 Å². The van der Waals surface area contributed by atoms with Gasteiger partial charge in [0.25, 0.3) is 0 Å². The number of benzene rings is 1. The van der Waals surface area contributed by atoms with E-state index in [1.54, 1.807) is 17.0 Å². The van der Waals surface area contributed by atoms with Gasteiger partial charge in [-0.1, -0.05) is 12.1 Å². The van der Waals surface area contributed by atoms with Crippen molar-refractivity contribution in [2.75, 3.05) is 13.6 Å². The van der Waals surface area contributed by atoms with Gasteiger partial charge in [0.15, 0.2) is 0 Å². The van der Waals surface area contributed by atoms with Crippen LogP contribution in [-0.2, 0) is 27.8 Å². The molecular weight excluding hydrogens is 316 g/mol. The van der Waals surface area contributed by atoms with Crippen molar-refractivity contribution >= 4 is 15.9 Å². The highest BCUT2D eigenvalue weighted by Crippen LogP contribution is 2.31. The molecule has 0 unspecified atom stereocenters. The SMILES string of the molecule is CNS(=O)(=O)c1cccc2c1CCN(C(=O)[C@@H]1CC[C@@H](O)C1)C2. The molecule has 2 N–H and O–H groups in total. The van der Waals surface area contributed by atoms with Crippen molar-refractivity contribution in [3.63, 3.8) is 0 Å². The Hall–Kier alpha value is -1.44. The summed E-state index contributed by atoms with van der Waals surface area (Å²) in [4.78, 5) is 14.7. The fourth-order valence-corrected chi connectivity index (χ4v) is 4.60. The minimum Gasteiger partial charge on any atom is -0.393 e. The molecule has 2 aliphatic rings. The number of carbonyl (C=O) groups excluding carboxylic acids is 1. The van der Waals surface area contributed by atoms with Crippen molar-refractivity contribution in [3.8, 4) is 0 Å². The molecule has 1 fully saturated rings. The Morgan fingerprint density at radius 3 is 2.78 bits per heavy atom. The summed E-state index contributed by atoms with van der Waals surface area (Å²) in [6.45, 7) is 0.961. The van der Waals surface area contributed by atoms with Gasteiger partial charge in [0.05, 0.1) is 11.0 Å². The second kappa shape index (κ2) is 6.22. The van der Waals surface area contributed by atoms with Crippen molar-refractivity contribution in [1.29, 1.82) is 0 Å². The molecule has 0 saturated heterocycles. The molecule has 23 heavy (non-hydrogen) atoms. The number of hydrogen-bond acceptors (Lipinski definition) is 4. The van der Waals surface area contributed by atoms with E-state index in [2.05, 4.69) is 4.72 Å². The normalized spacial score (nSPS) is 24.5. The molecule has 1 amide bonds. The van der Waals surface area contributed by atoms with Gasteiger partial charge in [-0.3, -0.25) is 4.79 Å². The first-order valence-corrected chi connectivity index (χ1v) is 9.42. The number of fused-ring (bicyclic) bond motifs is 1. The third kappa shape index (κ3) is 3.13. The van der Waals surface area contributed by atoms with Gasteiger partial charge in [0, 0.05) is 19.0 Å². The third-order valence-corrected chi connectivity index (χ3v) is 6.35. The van der Waals surface area contributed by atoms with Crippen LogP contribution in [0.5, 0.6) is 0 Å². The zero-order valence-corrected chi connectivity index (χ0v) is 14.0. The van der Waals surface area contributed by atoms with Crippen LogP contribution >= 0.6 is 0 Å². The lowest BCUT2D eigenvalue weighted by Gasteiger charge is -2.31. The molecule has 1 aromatic rings. The van der Waals surface area contributed by atoms with Crippen molar-refractivity contribution in [3.05, 3.63) is 29.3 Å². The number of amides is 1. The molecule has 0 radical (unpaired) electrons. The smallest absolute Gasteiger partial charge is 0.240 e. The Morgan fingerprint density at radius 2 is 2.13 bits per heavy atom. The monoisotopic (exact) mass is 338 g/mol. The van der Waals surface area contributed by atoms with E-state index in [1.807, 2.05) is 6.07 Å². The van der Waals surface area contributed by atoms with Crippen LogP contribution in [0.25, 0.3) is 0 Å². The molecule has 6 nitrogen and oxygen atoms in total. The lowest BCUT2D eigenvalue weighted by atomic mass is 9.97. The van der Waals surface area contributed by atoms with E-state index < -0.39 is 10.0 Å². The number of nitrogens with one attached hydrogen (secondary N) is 1. The van der Waals surface area contributed by atoms with Gasteiger partial charge in [0.2, 0.25) is 15.9 Å². The topological polar surface area (TPSA) is 86.7 Å². The highest BCUT2D eigenvalue weighted by atomic mass is 32.2. The summed E-state index contributed by atoms with van der Waals surface area (Å²) >= 11 is 0. The first-order valence-electron chi connectivity index (χ1n) is 7.93. The maximum absolute atomic E-state index is 12.6. The molecule has 0 aromatic heterocycles. The van der Waals surface area contributed by atoms with Crippen molar-refractivity contribution < 1.29 is 18.3 Å². The number of sulfonamides is 1. The molecular formula is C16H22N2O4S. The van der Waals surface area contributed by atoms with Crippen molar-refractivity contribution in [1.82, 2.24) is 9.62 Å². The van der Waals surface area contributed by atoms with Gasteiger partial charge in [0.1, 0.15) is 0 Å². The Morgan fingerprint density at radius 1 is 1.35 bits per heavy atom. The number of nitrogens with zero attached hydrogens (tertiary/aromatic N) is 1. The molecule has 1 saturated carbocycles. The second-order valence-corrected chi connectivity index (χ2v) is 8.13. The van der Waals surface area contributed by atoms with E-state index in [0.717, 1.165) is 17.5 Å². The van der Waals surface area contributed by atoms with Crippen LogP contribution in [0.1, 0.15) is 30.4 Å². The molecule has 1 aliphatic heterocycles. The predicted octanol–water partition coefficient (Wildman–Crippen LogP) is 0.640. The highest BCUT2D eigenvalue weighted by Gasteiger charge is 2.33. The van der Waals surface area contributed by atoms with E-state index in [9.17, 15) is 18.3 Å². The van der Waals surface area contributed by atoms with Crippen molar-refractivity contribution in [2.45, 2.75) is 43.2 Å². The van der Waals surface area contributed by atoms with Gasteiger partial charge < -0.3 is 10.0 Å². The van der Waals surface area contributed by atoms with Crippen LogP contribution in [0.4, 0.5) is 0 Å². The number of rotatable bonds is 3. The number of hydrogen-bond donors (Lipinski definition) is 2. The standard InChI is InChI=1S/C16H22N2O4S/c1-17-23(21,22)15-4-2-3-12-10-18(8-7-14(12)15)16(20)11-5-6-13(19)9-11/h2-4,11,13,17,19H,5-10H2,1H3/t11-,13-/m1/s1. The fraction of sp³-hybridized carbons (Fsp3) is 0.562. The molecule has 0 spiro atoms. The maximum Gasteiger partial charge on any atom is 0.240 e. The van der Waals surface area contributed by atoms with Crippen LogP contribution in [0.15, 0.2) is 23.1 Å². The zero-order chi connectivity index (χ0) is 16.6. The molecule has 1 aromatic carbocycles. The van der Waals surface area contributed by atoms with E-state index >= 15 is 0 Å². The zero-order valence-electron chi connectivity index (χ0n) is 13.2. The molecule has 1 heterocycles. The van der Waals surface area contributed by atoms with Crippen LogP contribution in [-0.4, -0.2) is 44.0 Å². The third-order valence-electron chi connectivity index (χ3n) is 4.85. The maximum atomic E-state index is 12.6. The van der Waals surface area contributed by atoms with Crippen LogP contribution in [0.2, 0.25) is 0 Å². The summed E-state index contributed by atoms with van der Waals surface area (Å²) < 4.78 is 26.6. The summed E-state index contributed by atoms with van der Waals surface area (Å²) in [5.41, 5.74) is 1.69. The van der Waals surface area contributed by atoms with Gasteiger partial charge >= 0.3 is 0 Å². The summed E-state index contributed by atoms with van der Waals surface area (Å²) in [6, 6.07) is 5.21. The minimum atomic E-state index is -3.49. The lowest BCUT2D eigenvalue weighted by molar-refractivity contribution is -0.136. The van der Waals surface area contributed by atoms with Gasteiger partial charge in [-0.2, -0.15) is 0 Å². The van der Waals surface area contributed by atoms with E-state index in [0.29, 0.717) is 37.2 Å². The summed E-state index contributed by atoms with van der Waals surface area (Å²) in [5, 5.41) is 9.61. The van der Waals surface area contributed by atoms with Crippen LogP contribution in [0, 0.1) is 5.92 Å². The molecule has 7 heteroatoms. The molecule has 126 valence electrons. The largest absolute Gasteiger partial charge is 0.393 e. The van der Waals surface area contributed by atoms with E-state index in [1.165, 1.54) is 7.05 Å².